The van der Waals surface area contributed by atoms with Gasteiger partial charge in [-0.05, 0) is 25.3 Å². The lowest BCUT2D eigenvalue weighted by Gasteiger charge is -2.09. The molecule has 1 atom stereocenters. The van der Waals surface area contributed by atoms with Gasteiger partial charge in [-0.1, -0.05) is 19.0 Å². The normalized spacial score (nSPS) is 11.8. The number of aromatic nitrogens is 2. The Kier molecular flexibility index (Phi) is 10.0. The largest absolute Gasteiger partial charge is 0.356 e. The number of nitrogens with one attached hydrogen (secondary N) is 1. The van der Waals surface area contributed by atoms with Crippen molar-refractivity contribution in [1.82, 2.24) is 15.5 Å². The molecule has 0 aliphatic carbocycles. The van der Waals surface area contributed by atoms with E-state index in [0.717, 1.165) is 25.1 Å². The first-order chi connectivity index (χ1) is 9.15. The van der Waals surface area contributed by atoms with Gasteiger partial charge in [-0.25, -0.2) is 0 Å². The molecule has 0 aromatic carbocycles. The Morgan fingerprint density at radius 1 is 1.45 bits per heavy atom. The molecule has 0 bridgehead atoms. The van der Waals surface area contributed by atoms with Gasteiger partial charge in [0.1, 0.15) is 0 Å². The Morgan fingerprint density at radius 3 is 2.85 bits per heavy atom. The minimum atomic E-state index is 0. The van der Waals surface area contributed by atoms with Crippen LogP contribution in [-0.2, 0) is 17.6 Å². The number of nitrogens with zero attached hydrogens (tertiary/aromatic N) is 2. The number of rotatable bonds is 9. The van der Waals surface area contributed by atoms with Crippen LogP contribution in [0.4, 0.5) is 0 Å². The van der Waals surface area contributed by atoms with E-state index in [0.29, 0.717) is 37.7 Å². The van der Waals surface area contributed by atoms with E-state index >= 15 is 0 Å². The van der Waals surface area contributed by atoms with E-state index in [1.54, 1.807) is 0 Å². The third-order valence-corrected chi connectivity index (χ3v) is 2.83. The van der Waals surface area contributed by atoms with Gasteiger partial charge in [-0.3, -0.25) is 4.79 Å². The summed E-state index contributed by atoms with van der Waals surface area (Å²) in [6.45, 7) is 5.30. The van der Waals surface area contributed by atoms with Crippen molar-refractivity contribution in [2.75, 3.05) is 13.1 Å². The quantitative estimate of drug-likeness (QED) is 0.720. The minimum absolute atomic E-state index is 0. The van der Waals surface area contributed by atoms with Gasteiger partial charge in [0.25, 0.3) is 0 Å². The molecule has 0 saturated heterocycles. The van der Waals surface area contributed by atoms with E-state index < -0.39 is 0 Å². The van der Waals surface area contributed by atoms with Crippen molar-refractivity contribution in [1.29, 1.82) is 0 Å². The summed E-state index contributed by atoms with van der Waals surface area (Å²) in [4.78, 5) is 15.8. The smallest absolute Gasteiger partial charge is 0.226 e. The number of carbonyl (C=O) groups excluding carboxylic acids is 1. The van der Waals surface area contributed by atoms with E-state index in [-0.39, 0.29) is 18.3 Å². The van der Waals surface area contributed by atoms with Gasteiger partial charge >= 0.3 is 0 Å². The first-order valence-electron chi connectivity index (χ1n) is 6.94. The van der Waals surface area contributed by atoms with Gasteiger partial charge in [0, 0.05) is 25.8 Å². The van der Waals surface area contributed by atoms with Gasteiger partial charge in [0.05, 0.1) is 0 Å². The van der Waals surface area contributed by atoms with Crippen LogP contribution >= 0.6 is 12.4 Å². The maximum absolute atomic E-state index is 11.5. The molecule has 1 aromatic rings. The molecule has 0 aliphatic heterocycles. The van der Waals surface area contributed by atoms with Crippen LogP contribution in [0, 0.1) is 5.92 Å². The third-order valence-electron chi connectivity index (χ3n) is 2.83. The molecule has 0 spiro atoms. The van der Waals surface area contributed by atoms with E-state index in [2.05, 4.69) is 22.4 Å². The Balaban J connectivity index is 0.00000361. The van der Waals surface area contributed by atoms with E-state index in [4.69, 9.17) is 10.3 Å². The Morgan fingerprint density at radius 2 is 2.20 bits per heavy atom. The number of halogens is 1. The van der Waals surface area contributed by atoms with Crippen LogP contribution < -0.4 is 11.1 Å². The van der Waals surface area contributed by atoms with Gasteiger partial charge in [0.2, 0.25) is 11.8 Å². The molecule has 0 aliphatic rings. The maximum atomic E-state index is 11.5. The SMILES string of the molecule is CCCc1noc(CCCC(=O)NCC(C)CN)n1.Cl. The average Bonchev–Trinajstić information content (AvgIpc) is 2.84. The van der Waals surface area contributed by atoms with Crippen LogP contribution in [0.25, 0.3) is 0 Å². The number of aryl methyl sites for hydroxylation is 2. The molecule has 1 amide bonds. The van der Waals surface area contributed by atoms with Crippen LogP contribution in [-0.4, -0.2) is 29.1 Å². The van der Waals surface area contributed by atoms with Crippen molar-refractivity contribution in [3.05, 3.63) is 11.7 Å². The molecule has 6 nitrogen and oxygen atoms in total. The summed E-state index contributed by atoms with van der Waals surface area (Å²) in [5.41, 5.74) is 5.48. The van der Waals surface area contributed by atoms with Gasteiger partial charge < -0.3 is 15.6 Å². The highest BCUT2D eigenvalue weighted by molar-refractivity contribution is 5.85. The fraction of sp³-hybridized carbons (Fsp3) is 0.769. The van der Waals surface area contributed by atoms with Crippen LogP contribution in [0.15, 0.2) is 4.52 Å². The molecule has 1 heterocycles. The van der Waals surface area contributed by atoms with Crippen LogP contribution in [0.2, 0.25) is 0 Å². The number of carbonyl (C=O) groups is 1. The first kappa shape index (κ1) is 18.9. The number of amides is 1. The minimum Gasteiger partial charge on any atom is -0.356 e. The van der Waals surface area contributed by atoms with E-state index in [1.807, 2.05) is 6.92 Å². The van der Waals surface area contributed by atoms with Crippen LogP contribution in [0.3, 0.4) is 0 Å². The van der Waals surface area contributed by atoms with Crippen molar-refractivity contribution in [2.24, 2.45) is 11.7 Å². The number of hydrogen-bond donors (Lipinski definition) is 2. The molecule has 0 saturated carbocycles. The lowest BCUT2D eigenvalue weighted by molar-refractivity contribution is -0.121. The summed E-state index contributed by atoms with van der Waals surface area (Å²) >= 11 is 0. The first-order valence-corrected chi connectivity index (χ1v) is 6.94. The molecule has 1 rings (SSSR count). The van der Waals surface area contributed by atoms with Crippen molar-refractivity contribution in [3.8, 4) is 0 Å². The molecular weight excluding hydrogens is 280 g/mol. The molecule has 1 aromatic heterocycles. The lowest BCUT2D eigenvalue weighted by Crippen LogP contribution is -2.31. The third kappa shape index (κ3) is 7.45. The summed E-state index contributed by atoms with van der Waals surface area (Å²) in [5, 5.41) is 6.73. The molecule has 20 heavy (non-hydrogen) atoms. The number of nitrogens with two attached hydrogens (primary N) is 1. The maximum Gasteiger partial charge on any atom is 0.226 e. The zero-order valence-corrected chi connectivity index (χ0v) is 13.0. The standard InChI is InChI=1S/C13H24N4O2.ClH/c1-3-5-11-16-13(19-17-11)7-4-6-12(18)15-9-10(2)8-14;/h10H,3-9,14H2,1-2H3,(H,15,18);1H. The van der Waals surface area contributed by atoms with Gasteiger partial charge in [-0.15, -0.1) is 12.4 Å². The molecule has 3 N–H and O–H groups in total. The highest BCUT2D eigenvalue weighted by Gasteiger charge is 2.08. The molecule has 116 valence electrons. The molecule has 0 fully saturated rings. The Hall–Kier alpha value is -1.14. The second-order valence-electron chi connectivity index (χ2n) is 4.85. The highest BCUT2D eigenvalue weighted by Crippen LogP contribution is 2.04. The zero-order chi connectivity index (χ0) is 14.1. The second-order valence-corrected chi connectivity index (χ2v) is 4.85. The lowest BCUT2D eigenvalue weighted by atomic mass is 10.2. The summed E-state index contributed by atoms with van der Waals surface area (Å²) in [6, 6.07) is 0. The van der Waals surface area contributed by atoms with Crippen molar-refractivity contribution in [2.45, 2.75) is 46.0 Å². The van der Waals surface area contributed by atoms with Crippen molar-refractivity contribution in [3.63, 3.8) is 0 Å². The average molecular weight is 305 g/mol. The summed E-state index contributed by atoms with van der Waals surface area (Å²) in [7, 11) is 0. The molecule has 1 unspecified atom stereocenters. The summed E-state index contributed by atoms with van der Waals surface area (Å²) in [5.74, 6) is 1.73. The van der Waals surface area contributed by atoms with Crippen LogP contribution in [0.5, 0.6) is 0 Å². The zero-order valence-electron chi connectivity index (χ0n) is 12.2. The molecule has 0 radical (unpaired) electrons. The predicted molar refractivity (Wildman–Crippen MR) is 79.7 cm³/mol. The van der Waals surface area contributed by atoms with E-state index in [1.165, 1.54) is 0 Å². The topological polar surface area (TPSA) is 94.0 Å². The van der Waals surface area contributed by atoms with E-state index in [9.17, 15) is 4.79 Å². The monoisotopic (exact) mass is 304 g/mol. The molecular formula is C13H25ClN4O2. The second kappa shape index (κ2) is 10.6. The Labute approximate surface area is 126 Å². The summed E-state index contributed by atoms with van der Waals surface area (Å²) < 4.78 is 5.11. The van der Waals surface area contributed by atoms with Crippen molar-refractivity contribution < 1.29 is 9.32 Å². The highest BCUT2D eigenvalue weighted by atomic mass is 35.5. The van der Waals surface area contributed by atoms with Crippen molar-refractivity contribution >= 4 is 18.3 Å². The fourth-order valence-electron chi connectivity index (χ4n) is 1.58. The number of hydrogen-bond acceptors (Lipinski definition) is 5. The molecule has 7 heteroatoms. The van der Waals surface area contributed by atoms with Gasteiger partial charge in [-0.2, -0.15) is 4.98 Å². The predicted octanol–water partition coefficient (Wildman–Crippen LogP) is 1.48. The van der Waals surface area contributed by atoms with Crippen LogP contribution in [0.1, 0.15) is 44.8 Å². The van der Waals surface area contributed by atoms with Gasteiger partial charge in [0.15, 0.2) is 5.82 Å². The summed E-state index contributed by atoms with van der Waals surface area (Å²) in [6.07, 6.45) is 3.68. The Bertz CT molecular complexity index is 384. The fourth-order valence-corrected chi connectivity index (χ4v) is 1.58.